The van der Waals surface area contributed by atoms with Crippen molar-refractivity contribution in [2.45, 2.75) is 25.7 Å². The molecular weight excluding hydrogens is 261 g/mol. The van der Waals surface area contributed by atoms with Crippen LogP contribution in [-0.2, 0) is 6.42 Å². The number of aliphatic hydroxyl groups is 1. The van der Waals surface area contributed by atoms with Gasteiger partial charge in [0.1, 0.15) is 11.0 Å². The molecule has 6 heteroatoms. The molecule has 0 saturated carbocycles. The largest absolute Gasteiger partial charge is 0.396 e. The quantitative estimate of drug-likeness (QED) is 0.680. The van der Waals surface area contributed by atoms with Crippen molar-refractivity contribution in [3.8, 4) is 0 Å². The van der Waals surface area contributed by atoms with Crippen LogP contribution >= 0.6 is 23.2 Å². The summed E-state index contributed by atoms with van der Waals surface area (Å²) in [7, 11) is 0. The van der Waals surface area contributed by atoms with Gasteiger partial charge in [-0.3, -0.25) is 0 Å². The van der Waals surface area contributed by atoms with Crippen molar-refractivity contribution in [1.82, 2.24) is 9.97 Å². The minimum absolute atomic E-state index is 0.179. The van der Waals surface area contributed by atoms with Crippen molar-refractivity contribution in [3.63, 3.8) is 0 Å². The second kappa shape index (κ2) is 5.85. The molecule has 0 atom stereocenters. The summed E-state index contributed by atoms with van der Waals surface area (Å²) in [6.07, 6.45) is 3.78. The molecule has 1 aliphatic heterocycles. The summed E-state index contributed by atoms with van der Waals surface area (Å²) in [5.41, 5.74) is 0.978. The number of aromatic nitrogens is 2. The Morgan fingerprint density at radius 1 is 1.24 bits per heavy atom. The zero-order valence-corrected chi connectivity index (χ0v) is 11.0. The van der Waals surface area contributed by atoms with Gasteiger partial charge in [-0.05, 0) is 37.3 Å². The first-order valence-electron chi connectivity index (χ1n) is 5.80. The summed E-state index contributed by atoms with van der Waals surface area (Å²) < 4.78 is 0. The Labute approximate surface area is 111 Å². The third-order valence-corrected chi connectivity index (χ3v) is 3.38. The molecule has 0 saturated heterocycles. The molecule has 0 aromatic carbocycles. The van der Waals surface area contributed by atoms with E-state index in [1.54, 1.807) is 0 Å². The zero-order valence-electron chi connectivity index (χ0n) is 9.49. The Balaban J connectivity index is 2.33. The third-order valence-electron chi connectivity index (χ3n) is 2.90. The Kier molecular flexibility index (Phi) is 4.42. The number of hydrogen-bond acceptors (Lipinski definition) is 4. The summed E-state index contributed by atoms with van der Waals surface area (Å²) in [5, 5.41) is 9.55. The van der Waals surface area contributed by atoms with Gasteiger partial charge in [0.25, 0.3) is 0 Å². The van der Waals surface area contributed by atoms with Crippen molar-refractivity contribution in [2.75, 3.05) is 24.6 Å². The smallest absolute Gasteiger partial charge is 0.225 e. The first-order chi connectivity index (χ1) is 8.22. The van der Waals surface area contributed by atoms with E-state index in [1.807, 2.05) is 0 Å². The number of hydrogen-bond donors (Lipinski definition) is 1. The lowest BCUT2D eigenvalue weighted by Crippen LogP contribution is -2.27. The average Bonchev–Trinajstić information content (AvgIpc) is 2.49. The van der Waals surface area contributed by atoms with E-state index in [2.05, 4.69) is 14.9 Å². The highest BCUT2D eigenvalue weighted by atomic mass is 35.5. The molecule has 0 unspecified atom stereocenters. The molecule has 94 valence electrons. The van der Waals surface area contributed by atoms with Crippen LogP contribution < -0.4 is 4.90 Å². The van der Waals surface area contributed by atoms with Crippen LogP contribution in [0.15, 0.2) is 0 Å². The zero-order chi connectivity index (χ0) is 12.3. The number of anilines is 1. The van der Waals surface area contributed by atoms with E-state index in [1.165, 1.54) is 0 Å². The van der Waals surface area contributed by atoms with Gasteiger partial charge in [-0.15, -0.1) is 0 Å². The SMILES string of the molecule is OCCCN1CCCCc2c(Cl)nc(Cl)nc21. The summed E-state index contributed by atoms with van der Waals surface area (Å²) in [4.78, 5) is 10.4. The van der Waals surface area contributed by atoms with Crippen LogP contribution in [0.4, 0.5) is 5.82 Å². The molecule has 0 bridgehead atoms. The highest BCUT2D eigenvalue weighted by molar-refractivity contribution is 6.32. The Morgan fingerprint density at radius 2 is 2.06 bits per heavy atom. The highest BCUT2D eigenvalue weighted by Gasteiger charge is 2.20. The lowest BCUT2D eigenvalue weighted by Gasteiger charge is -2.23. The van der Waals surface area contributed by atoms with E-state index in [-0.39, 0.29) is 11.9 Å². The molecule has 0 fully saturated rings. The minimum atomic E-state index is 0.179. The Bertz CT molecular complexity index is 401. The lowest BCUT2D eigenvalue weighted by molar-refractivity contribution is 0.289. The predicted molar refractivity (Wildman–Crippen MR) is 68.9 cm³/mol. The van der Waals surface area contributed by atoms with Crippen LogP contribution in [0, 0.1) is 0 Å². The Morgan fingerprint density at radius 3 is 2.82 bits per heavy atom. The summed E-state index contributed by atoms with van der Waals surface area (Å²) in [6.45, 7) is 1.88. The second-order valence-electron chi connectivity index (χ2n) is 4.11. The van der Waals surface area contributed by atoms with Crippen molar-refractivity contribution >= 4 is 29.0 Å². The standard InChI is InChI=1S/C11H15Cl2N3O/c12-9-8-4-1-2-5-16(6-3-7-17)10(8)15-11(13)14-9/h17H,1-7H2. The maximum absolute atomic E-state index is 8.91. The van der Waals surface area contributed by atoms with Crippen LogP contribution in [0.25, 0.3) is 0 Å². The maximum Gasteiger partial charge on any atom is 0.225 e. The second-order valence-corrected chi connectivity index (χ2v) is 4.80. The van der Waals surface area contributed by atoms with Crippen LogP contribution in [0.1, 0.15) is 24.8 Å². The molecule has 2 rings (SSSR count). The number of halogens is 2. The molecule has 4 nitrogen and oxygen atoms in total. The molecule has 1 aromatic rings. The number of aliphatic hydroxyl groups excluding tert-OH is 1. The van der Waals surface area contributed by atoms with Gasteiger partial charge in [-0.1, -0.05) is 11.6 Å². The van der Waals surface area contributed by atoms with Crippen molar-refractivity contribution in [3.05, 3.63) is 16.0 Å². The van der Waals surface area contributed by atoms with Gasteiger partial charge < -0.3 is 10.0 Å². The molecule has 0 spiro atoms. The molecule has 2 heterocycles. The van der Waals surface area contributed by atoms with Gasteiger partial charge in [-0.25, -0.2) is 9.97 Å². The first-order valence-corrected chi connectivity index (χ1v) is 6.55. The average molecular weight is 276 g/mol. The topological polar surface area (TPSA) is 49.2 Å². The van der Waals surface area contributed by atoms with Crippen LogP contribution in [0.5, 0.6) is 0 Å². The van der Waals surface area contributed by atoms with Gasteiger partial charge in [0.2, 0.25) is 5.28 Å². The number of nitrogens with zero attached hydrogens (tertiary/aromatic N) is 3. The van der Waals surface area contributed by atoms with E-state index < -0.39 is 0 Å². The van der Waals surface area contributed by atoms with Gasteiger partial charge in [0.05, 0.1) is 0 Å². The van der Waals surface area contributed by atoms with Gasteiger partial charge in [-0.2, -0.15) is 0 Å². The molecule has 1 aromatic heterocycles. The summed E-state index contributed by atoms with van der Waals surface area (Å²) in [5.74, 6) is 0.834. The van der Waals surface area contributed by atoms with E-state index in [9.17, 15) is 0 Å². The van der Waals surface area contributed by atoms with Crippen molar-refractivity contribution in [1.29, 1.82) is 0 Å². The van der Waals surface area contributed by atoms with E-state index in [0.717, 1.165) is 50.2 Å². The number of rotatable bonds is 3. The monoisotopic (exact) mass is 275 g/mol. The fourth-order valence-corrected chi connectivity index (χ4v) is 2.55. The summed E-state index contributed by atoms with van der Waals surface area (Å²) >= 11 is 12.0. The third kappa shape index (κ3) is 3.00. The molecular formula is C11H15Cl2N3O. The fraction of sp³-hybridized carbons (Fsp3) is 0.636. The molecule has 0 amide bonds. The van der Waals surface area contributed by atoms with E-state index in [0.29, 0.717) is 5.15 Å². The number of fused-ring (bicyclic) bond motifs is 1. The van der Waals surface area contributed by atoms with Crippen LogP contribution in [-0.4, -0.2) is 34.8 Å². The molecule has 17 heavy (non-hydrogen) atoms. The lowest BCUT2D eigenvalue weighted by atomic mass is 10.1. The molecule has 0 aliphatic carbocycles. The molecule has 1 N–H and O–H groups in total. The van der Waals surface area contributed by atoms with Gasteiger partial charge >= 0.3 is 0 Å². The highest BCUT2D eigenvalue weighted by Crippen LogP contribution is 2.30. The first kappa shape index (κ1) is 12.9. The van der Waals surface area contributed by atoms with Crippen molar-refractivity contribution in [2.24, 2.45) is 0 Å². The van der Waals surface area contributed by atoms with Gasteiger partial charge in [0, 0.05) is 25.3 Å². The molecule has 1 aliphatic rings. The van der Waals surface area contributed by atoms with E-state index >= 15 is 0 Å². The predicted octanol–water partition coefficient (Wildman–Crippen LogP) is 2.31. The minimum Gasteiger partial charge on any atom is -0.396 e. The van der Waals surface area contributed by atoms with E-state index in [4.69, 9.17) is 28.3 Å². The summed E-state index contributed by atoms with van der Waals surface area (Å²) in [6, 6.07) is 0. The maximum atomic E-state index is 8.91. The fourth-order valence-electron chi connectivity index (χ4n) is 2.09. The van der Waals surface area contributed by atoms with Crippen LogP contribution in [0.3, 0.4) is 0 Å². The van der Waals surface area contributed by atoms with Gasteiger partial charge in [0.15, 0.2) is 0 Å². The van der Waals surface area contributed by atoms with Crippen molar-refractivity contribution < 1.29 is 5.11 Å². The van der Waals surface area contributed by atoms with Crippen LogP contribution in [0.2, 0.25) is 10.4 Å². The molecule has 0 radical (unpaired) electrons. The normalized spacial score (nSPS) is 15.6. The Hall–Kier alpha value is -0.580.